The molecule has 3 rings (SSSR count). The van der Waals surface area contributed by atoms with E-state index in [2.05, 4.69) is 42.3 Å². The minimum Gasteiger partial charge on any atom is -0.459 e. The molecular weight excluding hydrogens is 260 g/mol. The van der Waals surface area contributed by atoms with Gasteiger partial charge < -0.3 is 9.73 Å². The molecule has 1 aromatic heterocycles. The SMILES string of the molecule is CCN(CC1CCCNC1)C(C)c1cc2ccccc2o1. The number of nitrogens with zero attached hydrogens (tertiary/aromatic N) is 1. The second-order valence-corrected chi connectivity index (χ2v) is 6.16. The Morgan fingerprint density at radius 1 is 1.38 bits per heavy atom. The number of piperidine rings is 1. The quantitative estimate of drug-likeness (QED) is 0.906. The third-order valence-corrected chi connectivity index (χ3v) is 4.70. The maximum atomic E-state index is 6.04. The van der Waals surface area contributed by atoms with E-state index in [9.17, 15) is 0 Å². The van der Waals surface area contributed by atoms with E-state index in [-0.39, 0.29) is 0 Å². The first-order chi connectivity index (χ1) is 10.3. The third kappa shape index (κ3) is 3.30. The molecule has 0 amide bonds. The van der Waals surface area contributed by atoms with Gasteiger partial charge in [0.2, 0.25) is 0 Å². The van der Waals surface area contributed by atoms with E-state index in [1.807, 2.05) is 12.1 Å². The lowest BCUT2D eigenvalue weighted by Gasteiger charge is -2.32. The predicted octanol–water partition coefficient (Wildman–Crippen LogP) is 3.82. The molecule has 0 radical (unpaired) electrons. The van der Waals surface area contributed by atoms with Gasteiger partial charge in [0.25, 0.3) is 0 Å². The van der Waals surface area contributed by atoms with E-state index in [0.29, 0.717) is 6.04 Å². The van der Waals surface area contributed by atoms with E-state index in [1.54, 1.807) is 0 Å². The average molecular weight is 286 g/mol. The first-order valence-electron chi connectivity index (χ1n) is 8.21. The molecule has 2 unspecified atom stereocenters. The van der Waals surface area contributed by atoms with Gasteiger partial charge in [0.15, 0.2) is 0 Å². The highest BCUT2D eigenvalue weighted by Crippen LogP contribution is 2.28. The largest absolute Gasteiger partial charge is 0.459 e. The molecule has 3 heteroatoms. The monoisotopic (exact) mass is 286 g/mol. The van der Waals surface area contributed by atoms with Gasteiger partial charge >= 0.3 is 0 Å². The molecule has 1 saturated heterocycles. The molecule has 1 aliphatic rings. The Morgan fingerprint density at radius 2 is 2.24 bits per heavy atom. The number of furan rings is 1. The third-order valence-electron chi connectivity index (χ3n) is 4.70. The average Bonchev–Trinajstić information content (AvgIpc) is 2.97. The van der Waals surface area contributed by atoms with Crippen molar-refractivity contribution in [1.29, 1.82) is 0 Å². The van der Waals surface area contributed by atoms with Crippen molar-refractivity contribution in [3.8, 4) is 0 Å². The second-order valence-electron chi connectivity index (χ2n) is 6.16. The first-order valence-corrected chi connectivity index (χ1v) is 8.21. The molecule has 0 aliphatic carbocycles. The molecule has 2 aromatic rings. The molecule has 1 aromatic carbocycles. The molecule has 0 bridgehead atoms. The smallest absolute Gasteiger partial charge is 0.134 e. The summed E-state index contributed by atoms with van der Waals surface area (Å²) in [6.07, 6.45) is 2.65. The lowest BCUT2D eigenvalue weighted by Crippen LogP contribution is -2.39. The molecule has 0 saturated carbocycles. The Hall–Kier alpha value is -1.32. The number of para-hydroxylation sites is 1. The summed E-state index contributed by atoms with van der Waals surface area (Å²) in [5.41, 5.74) is 0.995. The van der Waals surface area contributed by atoms with Gasteiger partial charge in [0.1, 0.15) is 11.3 Å². The Labute approximate surface area is 127 Å². The van der Waals surface area contributed by atoms with Crippen LogP contribution in [0.3, 0.4) is 0 Å². The summed E-state index contributed by atoms with van der Waals surface area (Å²) in [7, 11) is 0. The fourth-order valence-corrected chi connectivity index (χ4v) is 3.36. The standard InChI is InChI=1S/C18H26N2O/c1-3-20(13-15-7-6-10-19-12-15)14(2)18-11-16-8-4-5-9-17(16)21-18/h4-5,8-9,11,14-15,19H,3,6-7,10,12-13H2,1-2H3. The van der Waals surface area contributed by atoms with Gasteiger partial charge in [0.05, 0.1) is 6.04 Å². The van der Waals surface area contributed by atoms with Crippen LogP contribution in [0, 0.1) is 5.92 Å². The lowest BCUT2D eigenvalue weighted by atomic mass is 9.98. The summed E-state index contributed by atoms with van der Waals surface area (Å²) in [4.78, 5) is 2.54. The van der Waals surface area contributed by atoms with Crippen molar-refractivity contribution in [2.75, 3.05) is 26.2 Å². The van der Waals surface area contributed by atoms with E-state index in [4.69, 9.17) is 4.42 Å². The van der Waals surface area contributed by atoms with Crippen molar-refractivity contribution in [3.05, 3.63) is 36.1 Å². The highest BCUT2D eigenvalue weighted by atomic mass is 16.3. The molecule has 2 heterocycles. The van der Waals surface area contributed by atoms with Crippen LogP contribution in [-0.2, 0) is 0 Å². The molecule has 2 atom stereocenters. The van der Waals surface area contributed by atoms with E-state index in [1.165, 1.54) is 24.8 Å². The van der Waals surface area contributed by atoms with E-state index < -0.39 is 0 Å². The molecule has 1 aliphatic heterocycles. The van der Waals surface area contributed by atoms with Crippen LogP contribution in [-0.4, -0.2) is 31.1 Å². The Balaban J connectivity index is 1.72. The summed E-state index contributed by atoms with van der Waals surface area (Å²) in [5.74, 6) is 1.85. The van der Waals surface area contributed by atoms with Crippen LogP contribution >= 0.6 is 0 Å². The van der Waals surface area contributed by atoms with Gasteiger partial charge in [-0.25, -0.2) is 0 Å². The number of hydrogen-bond donors (Lipinski definition) is 1. The van der Waals surface area contributed by atoms with Crippen LogP contribution in [0.15, 0.2) is 34.7 Å². The van der Waals surface area contributed by atoms with Gasteiger partial charge in [0, 0.05) is 11.9 Å². The van der Waals surface area contributed by atoms with Gasteiger partial charge in [-0.05, 0) is 57.5 Å². The normalized spacial score (nSPS) is 21.0. The molecule has 114 valence electrons. The van der Waals surface area contributed by atoms with E-state index >= 15 is 0 Å². The number of nitrogens with one attached hydrogen (secondary N) is 1. The zero-order valence-corrected chi connectivity index (χ0v) is 13.1. The summed E-state index contributed by atoms with van der Waals surface area (Å²) >= 11 is 0. The minimum atomic E-state index is 0.337. The summed E-state index contributed by atoms with van der Waals surface area (Å²) in [6, 6.07) is 10.8. The van der Waals surface area contributed by atoms with Crippen molar-refractivity contribution in [2.24, 2.45) is 5.92 Å². The number of fused-ring (bicyclic) bond motifs is 1. The van der Waals surface area contributed by atoms with Crippen molar-refractivity contribution < 1.29 is 4.42 Å². The lowest BCUT2D eigenvalue weighted by molar-refractivity contribution is 0.157. The predicted molar refractivity (Wildman–Crippen MR) is 87.5 cm³/mol. The van der Waals surface area contributed by atoms with Crippen molar-refractivity contribution in [2.45, 2.75) is 32.7 Å². The number of rotatable bonds is 5. The summed E-state index contributed by atoms with van der Waals surface area (Å²) in [6.45, 7) is 9.06. The van der Waals surface area contributed by atoms with Gasteiger partial charge in [-0.15, -0.1) is 0 Å². The van der Waals surface area contributed by atoms with Crippen LogP contribution < -0.4 is 5.32 Å². The summed E-state index contributed by atoms with van der Waals surface area (Å²) < 4.78 is 6.04. The maximum Gasteiger partial charge on any atom is 0.134 e. The van der Waals surface area contributed by atoms with Gasteiger partial charge in [-0.2, -0.15) is 0 Å². The Bertz CT molecular complexity index is 538. The number of benzene rings is 1. The maximum absolute atomic E-state index is 6.04. The van der Waals surface area contributed by atoms with Gasteiger partial charge in [-0.1, -0.05) is 25.1 Å². The minimum absolute atomic E-state index is 0.337. The van der Waals surface area contributed by atoms with Crippen LogP contribution in [0.1, 0.15) is 38.5 Å². The van der Waals surface area contributed by atoms with Crippen molar-refractivity contribution >= 4 is 11.0 Å². The Morgan fingerprint density at radius 3 is 2.95 bits per heavy atom. The fourth-order valence-electron chi connectivity index (χ4n) is 3.36. The highest BCUT2D eigenvalue weighted by molar-refractivity contribution is 5.77. The zero-order chi connectivity index (χ0) is 14.7. The molecule has 1 fully saturated rings. The fraction of sp³-hybridized carbons (Fsp3) is 0.556. The van der Waals surface area contributed by atoms with Crippen molar-refractivity contribution in [1.82, 2.24) is 10.2 Å². The topological polar surface area (TPSA) is 28.4 Å². The van der Waals surface area contributed by atoms with Crippen LogP contribution in [0.4, 0.5) is 0 Å². The first kappa shape index (κ1) is 14.6. The Kier molecular flexibility index (Phi) is 4.61. The molecule has 0 spiro atoms. The molecule has 1 N–H and O–H groups in total. The molecule has 3 nitrogen and oxygen atoms in total. The molecular formula is C18H26N2O. The van der Waals surface area contributed by atoms with Crippen LogP contribution in [0.2, 0.25) is 0 Å². The highest BCUT2D eigenvalue weighted by Gasteiger charge is 2.22. The van der Waals surface area contributed by atoms with Gasteiger partial charge in [-0.3, -0.25) is 4.90 Å². The second kappa shape index (κ2) is 6.63. The van der Waals surface area contributed by atoms with Crippen LogP contribution in [0.5, 0.6) is 0 Å². The zero-order valence-electron chi connectivity index (χ0n) is 13.1. The summed E-state index contributed by atoms with van der Waals surface area (Å²) in [5, 5.41) is 4.72. The number of hydrogen-bond acceptors (Lipinski definition) is 3. The molecule has 21 heavy (non-hydrogen) atoms. The van der Waals surface area contributed by atoms with Crippen molar-refractivity contribution in [3.63, 3.8) is 0 Å². The van der Waals surface area contributed by atoms with E-state index in [0.717, 1.165) is 36.9 Å². The van der Waals surface area contributed by atoms with Crippen LogP contribution in [0.25, 0.3) is 11.0 Å².